The van der Waals surface area contributed by atoms with Crippen LogP contribution in [0.15, 0.2) is 15.4 Å². The van der Waals surface area contributed by atoms with E-state index in [4.69, 9.17) is 4.42 Å². The van der Waals surface area contributed by atoms with Gasteiger partial charge in [0.1, 0.15) is 5.76 Å². The van der Waals surface area contributed by atoms with Crippen molar-refractivity contribution in [3.8, 4) is 0 Å². The second-order valence-corrected chi connectivity index (χ2v) is 3.07. The molecule has 0 bridgehead atoms. The molecular formula is C8H10O3S. The number of carbonyl (C=O) groups is 1. The van der Waals surface area contributed by atoms with E-state index < -0.39 is 5.97 Å². The van der Waals surface area contributed by atoms with E-state index in [1.54, 1.807) is 17.8 Å². The Morgan fingerprint density at radius 2 is 2.33 bits per heavy atom. The number of furan rings is 1. The molecule has 0 unspecified atom stereocenters. The van der Waals surface area contributed by atoms with Crippen LogP contribution in [0, 0.1) is 6.92 Å². The summed E-state index contributed by atoms with van der Waals surface area (Å²) in [7, 11) is 1.33. The van der Waals surface area contributed by atoms with E-state index >= 15 is 0 Å². The largest absolute Gasteiger partial charge is 0.463 e. The third kappa shape index (κ3) is 1.64. The molecule has 1 aromatic heterocycles. The number of methoxy groups -OCH3 is 1. The molecule has 0 amide bonds. The molecule has 1 aromatic rings. The molecule has 0 atom stereocenters. The Kier molecular flexibility index (Phi) is 2.81. The van der Waals surface area contributed by atoms with Crippen LogP contribution in [0.4, 0.5) is 0 Å². The quantitative estimate of drug-likeness (QED) is 0.523. The maximum Gasteiger partial charge on any atom is 0.373 e. The molecule has 0 aliphatic heterocycles. The molecule has 0 spiro atoms. The fraction of sp³-hybridized carbons (Fsp3) is 0.375. The predicted molar refractivity (Wildman–Crippen MR) is 46.6 cm³/mol. The van der Waals surface area contributed by atoms with Gasteiger partial charge in [0.05, 0.1) is 7.11 Å². The summed E-state index contributed by atoms with van der Waals surface area (Å²) < 4.78 is 9.67. The SMILES string of the molecule is COC(=O)c1cc(SC)c(C)o1. The van der Waals surface area contributed by atoms with E-state index in [2.05, 4.69) is 4.74 Å². The lowest BCUT2D eigenvalue weighted by Gasteiger charge is -1.90. The molecule has 0 fully saturated rings. The molecule has 1 heterocycles. The van der Waals surface area contributed by atoms with Gasteiger partial charge >= 0.3 is 5.97 Å². The number of ether oxygens (including phenoxy) is 1. The normalized spacial score (nSPS) is 9.92. The van der Waals surface area contributed by atoms with Gasteiger partial charge in [-0.15, -0.1) is 11.8 Å². The van der Waals surface area contributed by atoms with Gasteiger partial charge in [-0.1, -0.05) is 0 Å². The molecule has 66 valence electrons. The van der Waals surface area contributed by atoms with Crippen molar-refractivity contribution in [2.75, 3.05) is 13.4 Å². The minimum Gasteiger partial charge on any atom is -0.463 e. The predicted octanol–water partition coefficient (Wildman–Crippen LogP) is 2.10. The van der Waals surface area contributed by atoms with Crippen LogP contribution in [-0.2, 0) is 4.74 Å². The first-order valence-electron chi connectivity index (χ1n) is 3.41. The van der Waals surface area contributed by atoms with E-state index in [-0.39, 0.29) is 5.76 Å². The van der Waals surface area contributed by atoms with Gasteiger partial charge < -0.3 is 9.15 Å². The minimum absolute atomic E-state index is 0.263. The lowest BCUT2D eigenvalue weighted by molar-refractivity contribution is 0.0563. The van der Waals surface area contributed by atoms with Crippen molar-refractivity contribution in [3.63, 3.8) is 0 Å². The van der Waals surface area contributed by atoms with Crippen molar-refractivity contribution in [2.45, 2.75) is 11.8 Å². The fourth-order valence-electron chi connectivity index (χ4n) is 0.869. The summed E-state index contributed by atoms with van der Waals surface area (Å²) in [5.41, 5.74) is 0. The van der Waals surface area contributed by atoms with E-state index in [0.29, 0.717) is 0 Å². The van der Waals surface area contributed by atoms with Crippen molar-refractivity contribution in [2.24, 2.45) is 0 Å². The van der Waals surface area contributed by atoms with Crippen LogP contribution >= 0.6 is 11.8 Å². The van der Waals surface area contributed by atoms with Gasteiger partial charge in [0.2, 0.25) is 5.76 Å². The standard InChI is InChI=1S/C8H10O3S/c1-5-7(12-3)4-6(11-5)8(9)10-2/h4H,1-3H3. The molecule has 0 saturated heterocycles. The summed E-state index contributed by atoms with van der Waals surface area (Å²) in [6.07, 6.45) is 1.93. The molecule has 0 radical (unpaired) electrons. The van der Waals surface area contributed by atoms with Gasteiger partial charge in [-0.3, -0.25) is 0 Å². The summed E-state index contributed by atoms with van der Waals surface area (Å²) in [4.78, 5) is 11.9. The maximum absolute atomic E-state index is 11.0. The number of thioether (sulfide) groups is 1. The summed E-state index contributed by atoms with van der Waals surface area (Å²) in [6, 6.07) is 1.69. The lowest BCUT2D eigenvalue weighted by atomic mass is 10.4. The zero-order chi connectivity index (χ0) is 9.14. The first-order valence-corrected chi connectivity index (χ1v) is 4.64. The zero-order valence-corrected chi connectivity index (χ0v) is 8.03. The Morgan fingerprint density at radius 1 is 1.67 bits per heavy atom. The van der Waals surface area contributed by atoms with E-state index in [1.807, 2.05) is 13.2 Å². The van der Waals surface area contributed by atoms with Gasteiger partial charge in [-0.2, -0.15) is 0 Å². The zero-order valence-electron chi connectivity index (χ0n) is 7.21. The van der Waals surface area contributed by atoms with Crippen LogP contribution in [0.3, 0.4) is 0 Å². The molecule has 3 nitrogen and oxygen atoms in total. The molecule has 0 aliphatic rings. The van der Waals surface area contributed by atoms with Crippen molar-refractivity contribution in [1.82, 2.24) is 0 Å². The van der Waals surface area contributed by atoms with Crippen LogP contribution in [-0.4, -0.2) is 19.3 Å². The highest BCUT2D eigenvalue weighted by Gasteiger charge is 2.13. The summed E-state index contributed by atoms with van der Waals surface area (Å²) in [5.74, 6) is 0.584. The topological polar surface area (TPSA) is 39.4 Å². The number of hydrogen-bond donors (Lipinski definition) is 0. The highest BCUT2D eigenvalue weighted by molar-refractivity contribution is 7.98. The van der Waals surface area contributed by atoms with E-state index in [9.17, 15) is 4.79 Å². The van der Waals surface area contributed by atoms with Gasteiger partial charge in [0.25, 0.3) is 0 Å². The maximum atomic E-state index is 11.0. The number of esters is 1. The van der Waals surface area contributed by atoms with E-state index in [0.717, 1.165) is 10.7 Å². The number of carbonyl (C=O) groups excluding carboxylic acids is 1. The third-order valence-electron chi connectivity index (χ3n) is 1.48. The highest BCUT2D eigenvalue weighted by Crippen LogP contribution is 2.23. The number of rotatable bonds is 2. The first kappa shape index (κ1) is 9.19. The average molecular weight is 186 g/mol. The Labute approximate surface area is 75.1 Å². The Hall–Kier alpha value is -0.900. The minimum atomic E-state index is -0.432. The molecule has 4 heteroatoms. The average Bonchev–Trinajstić information content (AvgIpc) is 2.45. The summed E-state index contributed by atoms with van der Waals surface area (Å²) in [5, 5.41) is 0. The summed E-state index contributed by atoms with van der Waals surface area (Å²) >= 11 is 1.54. The van der Waals surface area contributed by atoms with Crippen LogP contribution in [0.2, 0.25) is 0 Å². The first-order chi connectivity index (χ1) is 5.69. The lowest BCUT2D eigenvalue weighted by Crippen LogP contribution is -1.98. The van der Waals surface area contributed by atoms with Crippen molar-refractivity contribution in [1.29, 1.82) is 0 Å². The molecule has 0 N–H and O–H groups in total. The van der Waals surface area contributed by atoms with Crippen molar-refractivity contribution >= 4 is 17.7 Å². The number of hydrogen-bond acceptors (Lipinski definition) is 4. The second-order valence-electron chi connectivity index (χ2n) is 2.23. The van der Waals surface area contributed by atoms with E-state index in [1.165, 1.54) is 7.11 Å². The van der Waals surface area contributed by atoms with Gasteiger partial charge in [-0.25, -0.2) is 4.79 Å². The molecule has 0 saturated carbocycles. The van der Waals surface area contributed by atoms with Crippen LogP contribution < -0.4 is 0 Å². The second kappa shape index (κ2) is 3.67. The molecule has 0 aromatic carbocycles. The van der Waals surface area contributed by atoms with Crippen LogP contribution in [0.1, 0.15) is 16.3 Å². The number of aryl methyl sites for hydroxylation is 1. The smallest absolute Gasteiger partial charge is 0.373 e. The third-order valence-corrected chi connectivity index (χ3v) is 2.32. The fourth-order valence-corrected chi connectivity index (χ4v) is 1.42. The van der Waals surface area contributed by atoms with Crippen molar-refractivity contribution in [3.05, 3.63) is 17.6 Å². The van der Waals surface area contributed by atoms with Crippen LogP contribution in [0.25, 0.3) is 0 Å². The van der Waals surface area contributed by atoms with Gasteiger partial charge in [0.15, 0.2) is 0 Å². The Bertz CT molecular complexity index is 290. The van der Waals surface area contributed by atoms with Gasteiger partial charge in [-0.05, 0) is 13.2 Å². The molecule has 1 rings (SSSR count). The Morgan fingerprint density at radius 3 is 2.75 bits per heavy atom. The molecular weight excluding hydrogens is 176 g/mol. The molecule has 0 aliphatic carbocycles. The van der Waals surface area contributed by atoms with Crippen LogP contribution in [0.5, 0.6) is 0 Å². The summed E-state index contributed by atoms with van der Waals surface area (Å²) in [6.45, 7) is 1.82. The molecule has 12 heavy (non-hydrogen) atoms. The highest BCUT2D eigenvalue weighted by atomic mass is 32.2. The monoisotopic (exact) mass is 186 g/mol. The van der Waals surface area contributed by atoms with Gasteiger partial charge in [0, 0.05) is 11.0 Å². The van der Waals surface area contributed by atoms with Crippen molar-refractivity contribution < 1.29 is 13.9 Å². The Balaban J connectivity index is 2.96.